The summed E-state index contributed by atoms with van der Waals surface area (Å²) >= 11 is 6.02. The first-order valence-electron chi connectivity index (χ1n) is 7.58. The number of hydrazine groups is 1. The van der Waals surface area contributed by atoms with E-state index >= 15 is 0 Å². The smallest absolute Gasteiger partial charge is 0.233 e. The number of nitrogens with one attached hydrogen (secondary N) is 1. The molecule has 0 aromatic heterocycles. The summed E-state index contributed by atoms with van der Waals surface area (Å²) in [7, 11) is 0. The number of halogens is 1. The molecule has 1 heterocycles. The van der Waals surface area contributed by atoms with Crippen LogP contribution in [0.4, 0.5) is 0 Å². The second kappa shape index (κ2) is 7.78. The van der Waals surface area contributed by atoms with E-state index in [-0.39, 0.29) is 5.91 Å². The number of hydrogen-bond donors (Lipinski definition) is 2. The van der Waals surface area contributed by atoms with Crippen molar-refractivity contribution in [1.29, 1.82) is 0 Å². The Labute approximate surface area is 131 Å². The number of aryl methyl sites for hydroxylation is 1. The van der Waals surface area contributed by atoms with Crippen molar-refractivity contribution in [3.8, 4) is 0 Å². The normalized spacial score (nSPS) is 16.9. The fourth-order valence-electron chi connectivity index (χ4n) is 3.10. The minimum absolute atomic E-state index is 0.0818. The van der Waals surface area contributed by atoms with Crippen molar-refractivity contribution in [2.75, 3.05) is 19.6 Å². The predicted octanol–water partition coefficient (Wildman–Crippen LogP) is 2.60. The van der Waals surface area contributed by atoms with Crippen LogP contribution in [0.5, 0.6) is 0 Å². The number of nitrogens with zero attached hydrogens (tertiary/aromatic N) is 1. The van der Waals surface area contributed by atoms with E-state index in [0.717, 1.165) is 31.1 Å². The molecule has 1 amide bonds. The zero-order valence-electron chi connectivity index (χ0n) is 12.6. The molecule has 116 valence electrons. The minimum Gasteiger partial charge on any atom is -0.303 e. The third-order valence-corrected chi connectivity index (χ3v) is 4.53. The number of piperidine rings is 1. The van der Waals surface area contributed by atoms with Crippen LogP contribution in [0.25, 0.3) is 0 Å². The minimum atomic E-state index is -0.0818. The zero-order chi connectivity index (χ0) is 15.2. The highest BCUT2D eigenvalue weighted by molar-refractivity contribution is 6.30. The average Bonchev–Trinajstić information content (AvgIpc) is 2.48. The molecule has 0 atom stereocenters. The number of carbonyl (C=O) groups excluding carboxylic acids is 1. The number of amides is 1. The zero-order valence-corrected chi connectivity index (χ0v) is 13.3. The maximum atomic E-state index is 11.1. The molecule has 0 radical (unpaired) electrons. The molecule has 1 aromatic carbocycles. The maximum absolute atomic E-state index is 11.1. The summed E-state index contributed by atoms with van der Waals surface area (Å²) in [5.41, 5.74) is 4.90. The maximum Gasteiger partial charge on any atom is 0.233 e. The van der Waals surface area contributed by atoms with E-state index in [1.807, 2.05) is 6.07 Å². The number of rotatable bonds is 5. The number of likely N-dealkylation sites (tertiary alicyclic amines) is 1. The van der Waals surface area contributed by atoms with E-state index in [0.29, 0.717) is 12.3 Å². The van der Waals surface area contributed by atoms with Crippen molar-refractivity contribution in [3.05, 3.63) is 34.3 Å². The highest BCUT2D eigenvalue weighted by atomic mass is 35.5. The van der Waals surface area contributed by atoms with Gasteiger partial charge in [0.05, 0.1) is 0 Å². The van der Waals surface area contributed by atoms with E-state index in [9.17, 15) is 4.79 Å². The van der Waals surface area contributed by atoms with Crippen molar-refractivity contribution in [3.63, 3.8) is 0 Å². The third kappa shape index (κ3) is 4.70. The summed E-state index contributed by atoms with van der Waals surface area (Å²) in [4.78, 5) is 13.5. The Hall–Kier alpha value is -1.10. The van der Waals surface area contributed by atoms with Crippen molar-refractivity contribution in [1.82, 2.24) is 10.3 Å². The summed E-state index contributed by atoms with van der Waals surface area (Å²) in [5.74, 6) is 5.62. The Balaban J connectivity index is 1.79. The van der Waals surface area contributed by atoms with E-state index in [4.69, 9.17) is 17.4 Å². The first kappa shape index (κ1) is 16.3. The van der Waals surface area contributed by atoms with Gasteiger partial charge in [0, 0.05) is 11.4 Å². The molecule has 3 N–H and O–H groups in total. The summed E-state index contributed by atoms with van der Waals surface area (Å²) in [6.07, 6.45) is 3.72. The van der Waals surface area contributed by atoms with Gasteiger partial charge < -0.3 is 4.90 Å². The summed E-state index contributed by atoms with van der Waals surface area (Å²) in [5, 5.41) is 0.812. The van der Waals surface area contributed by atoms with Crippen molar-refractivity contribution < 1.29 is 4.79 Å². The molecule has 21 heavy (non-hydrogen) atoms. The van der Waals surface area contributed by atoms with Gasteiger partial charge in [0.25, 0.3) is 0 Å². The van der Waals surface area contributed by atoms with Crippen LogP contribution in [-0.2, 0) is 4.79 Å². The first-order valence-corrected chi connectivity index (χ1v) is 7.96. The molecule has 0 unspecified atom stereocenters. The highest BCUT2D eigenvalue weighted by Gasteiger charge is 2.21. The van der Waals surface area contributed by atoms with Gasteiger partial charge in [0.15, 0.2) is 0 Å². The van der Waals surface area contributed by atoms with Crippen LogP contribution in [0.1, 0.15) is 42.7 Å². The summed E-state index contributed by atoms with van der Waals surface area (Å²) in [6.45, 7) is 5.30. The Morgan fingerprint density at radius 1 is 1.43 bits per heavy atom. The van der Waals surface area contributed by atoms with Crippen LogP contribution < -0.4 is 11.3 Å². The molecule has 0 aliphatic carbocycles. The lowest BCUT2D eigenvalue weighted by atomic mass is 9.87. The second-order valence-electron chi connectivity index (χ2n) is 5.79. The first-order chi connectivity index (χ1) is 10.1. The molecular formula is C16H24ClN3O. The standard InChI is InChI=1S/C16H24ClN3O/c1-12-11-14(17)4-5-15(12)13-6-9-20(10-7-13)8-2-3-16(21)19-18/h4-5,11,13H,2-3,6-10,18H2,1H3,(H,19,21). The fourth-order valence-corrected chi connectivity index (χ4v) is 3.33. The van der Waals surface area contributed by atoms with Crippen molar-refractivity contribution in [2.24, 2.45) is 5.84 Å². The Kier molecular flexibility index (Phi) is 6.03. The van der Waals surface area contributed by atoms with Gasteiger partial charge in [-0.15, -0.1) is 0 Å². The number of benzene rings is 1. The third-order valence-electron chi connectivity index (χ3n) is 4.30. The van der Waals surface area contributed by atoms with Gasteiger partial charge in [-0.1, -0.05) is 17.7 Å². The van der Waals surface area contributed by atoms with E-state index in [2.05, 4.69) is 29.4 Å². The molecule has 1 fully saturated rings. The quantitative estimate of drug-likeness (QED) is 0.499. The summed E-state index contributed by atoms with van der Waals surface area (Å²) < 4.78 is 0. The van der Waals surface area contributed by atoms with Gasteiger partial charge in [0.2, 0.25) is 5.91 Å². The molecule has 1 aliphatic heterocycles. The van der Waals surface area contributed by atoms with Crippen LogP contribution in [0, 0.1) is 6.92 Å². The monoisotopic (exact) mass is 309 g/mol. The fraction of sp³-hybridized carbons (Fsp3) is 0.562. The molecule has 5 heteroatoms. The van der Waals surface area contributed by atoms with E-state index < -0.39 is 0 Å². The molecule has 1 saturated heterocycles. The predicted molar refractivity (Wildman–Crippen MR) is 86.2 cm³/mol. The van der Waals surface area contributed by atoms with Gasteiger partial charge in [-0.3, -0.25) is 10.2 Å². The van der Waals surface area contributed by atoms with Gasteiger partial charge >= 0.3 is 0 Å². The Morgan fingerprint density at radius 3 is 2.76 bits per heavy atom. The molecule has 1 aromatic rings. The van der Waals surface area contributed by atoms with Crippen LogP contribution in [0.3, 0.4) is 0 Å². The summed E-state index contributed by atoms with van der Waals surface area (Å²) in [6, 6.07) is 6.21. The van der Waals surface area contributed by atoms with Crippen molar-refractivity contribution in [2.45, 2.75) is 38.5 Å². The molecule has 0 saturated carbocycles. The molecular weight excluding hydrogens is 286 g/mol. The topological polar surface area (TPSA) is 58.4 Å². The lowest BCUT2D eigenvalue weighted by Crippen LogP contribution is -2.35. The Bertz CT molecular complexity index is 484. The molecule has 0 spiro atoms. The van der Waals surface area contributed by atoms with E-state index in [1.54, 1.807) is 0 Å². The molecule has 0 bridgehead atoms. The van der Waals surface area contributed by atoms with Crippen LogP contribution in [0.2, 0.25) is 5.02 Å². The van der Waals surface area contributed by atoms with E-state index in [1.165, 1.54) is 24.0 Å². The number of hydrogen-bond acceptors (Lipinski definition) is 3. The Morgan fingerprint density at radius 2 is 2.14 bits per heavy atom. The largest absolute Gasteiger partial charge is 0.303 e. The van der Waals surface area contributed by atoms with Gasteiger partial charge in [-0.05, 0) is 75.0 Å². The van der Waals surface area contributed by atoms with Gasteiger partial charge in [-0.25, -0.2) is 5.84 Å². The average molecular weight is 310 g/mol. The number of carbonyl (C=O) groups is 1. The lowest BCUT2D eigenvalue weighted by molar-refractivity contribution is -0.121. The number of nitrogens with two attached hydrogens (primary N) is 1. The SMILES string of the molecule is Cc1cc(Cl)ccc1C1CCN(CCCC(=O)NN)CC1. The van der Waals surface area contributed by atoms with Gasteiger partial charge in [0.1, 0.15) is 0 Å². The van der Waals surface area contributed by atoms with Crippen LogP contribution in [0.15, 0.2) is 18.2 Å². The van der Waals surface area contributed by atoms with Crippen LogP contribution in [-0.4, -0.2) is 30.4 Å². The van der Waals surface area contributed by atoms with Gasteiger partial charge in [-0.2, -0.15) is 0 Å². The lowest BCUT2D eigenvalue weighted by Gasteiger charge is -2.32. The van der Waals surface area contributed by atoms with Crippen LogP contribution >= 0.6 is 11.6 Å². The molecule has 1 aliphatic rings. The molecule has 4 nitrogen and oxygen atoms in total. The highest BCUT2D eigenvalue weighted by Crippen LogP contribution is 2.31. The molecule has 2 rings (SSSR count). The second-order valence-corrected chi connectivity index (χ2v) is 6.22. The van der Waals surface area contributed by atoms with Crippen molar-refractivity contribution >= 4 is 17.5 Å².